The monoisotopic (exact) mass is 246 g/mol. The Balaban J connectivity index is 2.58. The highest BCUT2D eigenvalue weighted by molar-refractivity contribution is 7.07. The van der Waals surface area contributed by atoms with Gasteiger partial charge >= 0.3 is 0 Å². The number of amides is 1. The zero-order valence-electron chi connectivity index (χ0n) is 8.78. The molecule has 0 spiro atoms. The summed E-state index contributed by atoms with van der Waals surface area (Å²) in [6, 6.07) is 0. The number of unbranched alkanes of at least 4 members (excludes halogenated alkanes) is 1. The number of hydrogen-bond donors (Lipinski definition) is 0. The lowest BCUT2D eigenvalue weighted by Crippen LogP contribution is -2.33. The molecule has 0 unspecified atom stereocenters. The minimum absolute atomic E-state index is 0.00894. The van der Waals surface area contributed by atoms with E-state index in [2.05, 4.69) is 11.9 Å². The van der Waals surface area contributed by atoms with Crippen molar-refractivity contribution in [3.8, 4) is 0 Å². The molecular weight excluding hydrogens is 232 g/mol. The normalized spacial score (nSPS) is 10.3. The van der Waals surface area contributed by atoms with Crippen LogP contribution >= 0.6 is 22.9 Å². The molecule has 1 rings (SSSR count). The van der Waals surface area contributed by atoms with Gasteiger partial charge in [-0.25, -0.2) is 4.98 Å². The lowest BCUT2D eigenvalue weighted by atomic mass is 10.3. The summed E-state index contributed by atoms with van der Waals surface area (Å²) in [5.74, 6) is 0.463. The van der Waals surface area contributed by atoms with E-state index in [9.17, 15) is 4.79 Å². The van der Waals surface area contributed by atoms with Crippen molar-refractivity contribution in [3.63, 3.8) is 0 Å². The van der Waals surface area contributed by atoms with E-state index < -0.39 is 0 Å². The Bertz CT molecular complexity index is 290. The second kappa shape index (κ2) is 6.80. The predicted octanol–water partition coefficient (Wildman–Crippen LogP) is 2.62. The second-order valence-corrected chi connectivity index (χ2v) is 4.31. The van der Waals surface area contributed by atoms with E-state index in [1.807, 2.05) is 0 Å². The van der Waals surface area contributed by atoms with E-state index in [0.717, 1.165) is 19.4 Å². The summed E-state index contributed by atoms with van der Waals surface area (Å²) in [5.41, 5.74) is 2.20. The molecule has 0 saturated carbocycles. The van der Waals surface area contributed by atoms with Crippen LogP contribution in [0.3, 0.4) is 0 Å². The van der Waals surface area contributed by atoms with Crippen molar-refractivity contribution < 1.29 is 4.79 Å². The number of halogens is 1. The number of thiazole rings is 1. The maximum atomic E-state index is 11.9. The fourth-order valence-corrected chi connectivity index (χ4v) is 1.98. The molecule has 0 aliphatic carbocycles. The van der Waals surface area contributed by atoms with Crippen LogP contribution in [0.15, 0.2) is 10.9 Å². The Morgan fingerprint density at radius 2 is 2.40 bits per heavy atom. The fourth-order valence-electron chi connectivity index (χ4n) is 1.25. The van der Waals surface area contributed by atoms with Gasteiger partial charge in [0.25, 0.3) is 5.91 Å². The highest BCUT2D eigenvalue weighted by Crippen LogP contribution is 2.07. The first-order valence-electron chi connectivity index (χ1n) is 5.03. The summed E-state index contributed by atoms with van der Waals surface area (Å²) in [5, 5.41) is 1.77. The lowest BCUT2D eigenvalue weighted by Gasteiger charge is -2.20. The van der Waals surface area contributed by atoms with Crippen LogP contribution in [0.4, 0.5) is 0 Å². The number of carbonyl (C=O) groups excluding carboxylic acids is 1. The third-order valence-corrected chi connectivity index (χ3v) is 2.83. The summed E-state index contributed by atoms with van der Waals surface area (Å²) >= 11 is 7.10. The molecule has 0 aliphatic rings. The van der Waals surface area contributed by atoms with Gasteiger partial charge in [-0.05, 0) is 6.42 Å². The Hall–Kier alpha value is -0.610. The highest BCUT2D eigenvalue weighted by atomic mass is 35.5. The molecule has 15 heavy (non-hydrogen) atoms. The van der Waals surface area contributed by atoms with Crippen molar-refractivity contribution in [3.05, 3.63) is 16.6 Å². The average Bonchev–Trinajstić information content (AvgIpc) is 2.76. The van der Waals surface area contributed by atoms with Gasteiger partial charge in [0.1, 0.15) is 5.69 Å². The number of nitrogens with zero attached hydrogens (tertiary/aromatic N) is 2. The summed E-state index contributed by atoms with van der Waals surface area (Å²) in [7, 11) is 0. The van der Waals surface area contributed by atoms with Crippen molar-refractivity contribution in [2.45, 2.75) is 19.8 Å². The first-order valence-corrected chi connectivity index (χ1v) is 6.50. The molecule has 0 aliphatic heterocycles. The van der Waals surface area contributed by atoms with Gasteiger partial charge in [-0.1, -0.05) is 13.3 Å². The Labute approximate surface area is 99.1 Å². The molecule has 84 valence electrons. The molecule has 0 atom stereocenters. The van der Waals surface area contributed by atoms with Crippen LogP contribution in [0, 0.1) is 0 Å². The van der Waals surface area contributed by atoms with Crippen LogP contribution in [0.5, 0.6) is 0 Å². The van der Waals surface area contributed by atoms with Gasteiger partial charge in [0, 0.05) is 24.3 Å². The second-order valence-electron chi connectivity index (χ2n) is 3.21. The molecule has 5 heteroatoms. The predicted molar refractivity (Wildman–Crippen MR) is 63.6 cm³/mol. The van der Waals surface area contributed by atoms with Gasteiger partial charge in [0.05, 0.1) is 5.51 Å². The summed E-state index contributed by atoms with van der Waals surface area (Å²) in [4.78, 5) is 17.7. The highest BCUT2D eigenvalue weighted by Gasteiger charge is 2.15. The molecule has 1 heterocycles. The first-order chi connectivity index (χ1) is 7.29. The van der Waals surface area contributed by atoms with Crippen molar-refractivity contribution in [2.24, 2.45) is 0 Å². The van der Waals surface area contributed by atoms with Crippen LogP contribution in [0.25, 0.3) is 0 Å². The topological polar surface area (TPSA) is 33.2 Å². The van der Waals surface area contributed by atoms with E-state index >= 15 is 0 Å². The summed E-state index contributed by atoms with van der Waals surface area (Å²) in [6.45, 7) is 3.46. The van der Waals surface area contributed by atoms with E-state index in [1.54, 1.807) is 15.8 Å². The molecule has 0 N–H and O–H groups in total. The fraction of sp³-hybridized carbons (Fsp3) is 0.600. The van der Waals surface area contributed by atoms with Crippen LogP contribution in [-0.2, 0) is 0 Å². The smallest absolute Gasteiger partial charge is 0.273 e. The number of alkyl halides is 1. The van der Waals surface area contributed by atoms with Gasteiger partial charge in [-0.15, -0.1) is 22.9 Å². The molecule has 0 fully saturated rings. The van der Waals surface area contributed by atoms with Crippen molar-refractivity contribution in [1.82, 2.24) is 9.88 Å². The molecule has 0 radical (unpaired) electrons. The Morgan fingerprint density at radius 3 is 2.93 bits per heavy atom. The maximum Gasteiger partial charge on any atom is 0.273 e. The van der Waals surface area contributed by atoms with Crippen LogP contribution in [0.2, 0.25) is 0 Å². The SMILES string of the molecule is CCCCN(CCCl)C(=O)c1cscn1. The van der Waals surface area contributed by atoms with Crippen LogP contribution < -0.4 is 0 Å². The minimum Gasteiger partial charge on any atom is -0.336 e. The van der Waals surface area contributed by atoms with Crippen molar-refractivity contribution in [1.29, 1.82) is 0 Å². The molecular formula is C10H15ClN2OS. The molecule has 1 aromatic rings. The number of carbonyl (C=O) groups is 1. The Kier molecular flexibility index (Phi) is 5.65. The molecule has 1 aromatic heterocycles. The standard InChI is InChI=1S/C10H15ClN2OS/c1-2-3-5-13(6-4-11)10(14)9-7-15-8-12-9/h7-8H,2-6H2,1H3. The minimum atomic E-state index is -0.00894. The van der Waals surface area contributed by atoms with Gasteiger partial charge in [-0.2, -0.15) is 0 Å². The molecule has 0 aromatic carbocycles. The Morgan fingerprint density at radius 1 is 1.60 bits per heavy atom. The van der Waals surface area contributed by atoms with Crippen molar-refractivity contribution in [2.75, 3.05) is 19.0 Å². The summed E-state index contributed by atoms with van der Waals surface area (Å²) in [6.07, 6.45) is 2.08. The summed E-state index contributed by atoms with van der Waals surface area (Å²) < 4.78 is 0. The quantitative estimate of drug-likeness (QED) is 0.723. The van der Waals surface area contributed by atoms with E-state index in [4.69, 9.17) is 11.6 Å². The van der Waals surface area contributed by atoms with Gasteiger partial charge in [0.2, 0.25) is 0 Å². The average molecular weight is 247 g/mol. The number of rotatable bonds is 6. The van der Waals surface area contributed by atoms with Crippen LogP contribution in [-0.4, -0.2) is 34.8 Å². The molecule has 3 nitrogen and oxygen atoms in total. The molecule has 0 saturated heterocycles. The van der Waals surface area contributed by atoms with E-state index in [-0.39, 0.29) is 5.91 Å². The van der Waals surface area contributed by atoms with Gasteiger partial charge in [-0.3, -0.25) is 4.79 Å². The maximum absolute atomic E-state index is 11.9. The third-order valence-electron chi connectivity index (χ3n) is 2.07. The lowest BCUT2D eigenvalue weighted by molar-refractivity contribution is 0.0758. The molecule has 1 amide bonds. The van der Waals surface area contributed by atoms with E-state index in [0.29, 0.717) is 18.1 Å². The van der Waals surface area contributed by atoms with E-state index in [1.165, 1.54) is 11.3 Å². The largest absolute Gasteiger partial charge is 0.336 e. The van der Waals surface area contributed by atoms with Crippen molar-refractivity contribution >= 4 is 28.8 Å². The zero-order valence-corrected chi connectivity index (χ0v) is 10.4. The zero-order chi connectivity index (χ0) is 11.1. The molecule has 0 bridgehead atoms. The number of hydrogen-bond acceptors (Lipinski definition) is 3. The van der Waals surface area contributed by atoms with Crippen LogP contribution in [0.1, 0.15) is 30.3 Å². The van der Waals surface area contributed by atoms with Gasteiger partial charge < -0.3 is 4.90 Å². The number of aromatic nitrogens is 1. The third kappa shape index (κ3) is 3.80. The first kappa shape index (κ1) is 12.5. The van der Waals surface area contributed by atoms with Gasteiger partial charge in [0.15, 0.2) is 0 Å².